The van der Waals surface area contributed by atoms with E-state index in [0.717, 1.165) is 0 Å². The smallest absolute Gasteiger partial charge is 0.145 e. The van der Waals surface area contributed by atoms with E-state index in [4.69, 9.17) is 0 Å². The van der Waals surface area contributed by atoms with Gasteiger partial charge in [-0.2, -0.15) is 0 Å². The van der Waals surface area contributed by atoms with Crippen LogP contribution in [0.4, 0.5) is 14.5 Å². The van der Waals surface area contributed by atoms with E-state index < -0.39 is 29.2 Å². The molecule has 2 rings (SSSR count). The van der Waals surface area contributed by atoms with Gasteiger partial charge in [-0.3, -0.25) is 0 Å². The van der Waals surface area contributed by atoms with Crippen LogP contribution in [0.15, 0.2) is 10.5 Å². The molecular weight excluding hydrogens is 292 g/mol. The summed E-state index contributed by atoms with van der Waals surface area (Å²) < 4.78 is 27.3. The minimum Gasteiger partial charge on any atom is -0.390 e. The van der Waals surface area contributed by atoms with E-state index in [9.17, 15) is 13.9 Å². The van der Waals surface area contributed by atoms with Gasteiger partial charge >= 0.3 is 0 Å². The van der Waals surface area contributed by atoms with Gasteiger partial charge in [0.25, 0.3) is 0 Å². The summed E-state index contributed by atoms with van der Waals surface area (Å²) in [5.74, 6) is -1.68. The van der Waals surface area contributed by atoms with Gasteiger partial charge in [-0.15, -0.1) is 0 Å². The van der Waals surface area contributed by atoms with Crippen LogP contribution in [0.25, 0.3) is 0 Å². The number of fused-ring (bicyclic) bond motifs is 1. The number of hydrogen-bond donors (Lipinski definition) is 2. The Labute approximate surface area is 107 Å². The first kappa shape index (κ1) is 12.8. The van der Waals surface area contributed by atoms with Crippen molar-refractivity contribution in [1.82, 2.24) is 0 Å². The Bertz CT molecular complexity index is 476. The third-order valence-corrected chi connectivity index (χ3v) is 4.05. The molecule has 0 bridgehead atoms. The zero-order valence-corrected chi connectivity index (χ0v) is 11.4. The summed E-state index contributed by atoms with van der Waals surface area (Å²) in [5.41, 5.74) is 0.121. The summed E-state index contributed by atoms with van der Waals surface area (Å²) in [6, 6.07) is 1.26. The molecule has 0 saturated carbocycles. The molecule has 0 amide bonds. The number of benzene rings is 1. The Morgan fingerprint density at radius 2 is 2.00 bits per heavy atom. The zero-order valence-electron chi connectivity index (χ0n) is 9.81. The van der Waals surface area contributed by atoms with Gasteiger partial charge in [0.05, 0.1) is 16.1 Å². The maximum absolute atomic E-state index is 14.0. The van der Waals surface area contributed by atoms with Crippen molar-refractivity contribution in [3.8, 4) is 0 Å². The van der Waals surface area contributed by atoms with E-state index in [1.807, 2.05) is 0 Å². The number of aliphatic hydroxyl groups excluding tert-OH is 1. The van der Waals surface area contributed by atoms with E-state index in [0.29, 0.717) is 11.3 Å². The quantitative estimate of drug-likeness (QED) is 0.720. The van der Waals surface area contributed by atoms with E-state index in [1.165, 1.54) is 6.07 Å². The average molecular weight is 306 g/mol. The summed E-state index contributed by atoms with van der Waals surface area (Å²) in [6.45, 7) is 5.34. The van der Waals surface area contributed by atoms with Crippen LogP contribution < -0.4 is 5.32 Å². The zero-order chi connectivity index (χ0) is 13.0. The van der Waals surface area contributed by atoms with E-state index in [1.54, 1.807) is 20.8 Å². The van der Waals surface area contributed by atoms with Crippen molar-refractivity contribution in [3.63, 3.8) is 0 Å². The molecule has 5 heteroatoms. The Kier molecular flexibility index (Phi) is 2.94. The predicted octanol–water partition coefficient (Wildman–Crippen LogP) is 3.40. The molecule has 2 nitrogen and oxygen atoms in total. The summed E-state index contributed by atoms with van der Waals surface area (Å²) in [6.07, 6.45) is -0.734. The van der Waals surface area contributed by atoms with Gasteiger partial charge in [0.2, 0.25) is 0 Å². The van der Waals surface area contributed by atoms with Crippen molar-refractivity contribution in [2.45, 2.75) is 38.3 Å². The fraction of sp³-hybridized carbons (Fsp3) is 0.500. The molecule has 2 N–H and O–H groups in total. The normalized spacial score (nSPS) is 26.3. The molecule has 0 radical (unpaired) electrons. The highest BCUT2D eigenvalue weighted by Crippen LogP contribution is 2.42. The second-order valence-corrected chi connectivity index (χ2v) is 5.82. The van der Waals surface area contributed by atoms with Crippen LogP contribution in [0.3, 0.4) is 0 Å². The molecule has 17 heavy (non-hydrogen) atoms. The number of aliphatic hydroxyl groups is 1. The number of rotatable bonds is 0. The van der Waals surface area contributed by atoms with Crippen molar-refractivity contribution in [2.24, 2.45) is 0 Å². The number of hydrogen-bond acceptors (Lipinski definition) is 2. The molecule has 1 heterocycles. The minimum atomic E-state index is -0.734. The molecule has 0 aliphatic carbocycles. The molecular formula is C12H14BrF2NO. The molecule has 1 unspecified atom stereocenters. The van der Waals surface area contributed by atoms with Crippen molar-refractivity contribution < 1.29 is 13.9 Å². The van der Waals surface area contributed by atoms with Crippen molar-refractivity contribution in [2.75, 3.05) is 5.32 Å². The molecule has 0 aromatic heterocycles. The number of nitrogens with one attached hydrogen (secondary N) is 1. The van der Waals surface area contributed by atoms with Crippen LogP contribution in [-0.2, 0) is 0 Å². The van der Waals surface area contributed by atoms with Crippen LogP contribution in [0.1, 0.15) is 32.3 Å². The summed E-state index contributed by atoms with van der Waals surface area (Å²) in [4.78, 5) is 0. The summed E-state index contributed by atoms with van der Waals surface area (Å²) in [7, 11) is 0. The Morgan fingerprint density at radius 3 is 2.59 bits per heavy atom. The lowest BCUT2D eigenvalue weighted by atomic mass is 9.79. The molecule has 1 aromatic carbocycles. The highest BCUT2D eigenvalue weighted by Gasteiger charge is 2.40. The fourth-order valence-electron chi connectivity index (χ4n) is 2.36. The van der Waals surface area contributed by atoms with Crippen LogP contribution in [0.2, 0.25) is 0 Å². The first-order valence-corrected chi connectivity index (χ1v) is 6.18. The van der Waals surface area contributed by atoms with Crippen LogP contribution >= 0.6 is 15.9 Å². The number of anilines is 1. The van der Waals surface area contributed by atoms with Gasteiger partial charge < -0.3 is 10.4 Å². The van der Waals surface area contributed by atoms with E-state index >= 15 is 0 Å². The lowest BCUT2D eigenvalue weighted by molar-refractivity contribution is 0.0853. The standard InChI is InChI=1S/C12H14BrF2NO/c1-5-8-7(16-12(2,3)11(5)17)4-6(14)9(13)10(8)15/h4-5,11,16-17H,1-3H3/t5-,11?/m0/s1. The highest BCUT2D eigenvalue weighted by molar-refractivity contribution is 9.10. The Hall–Kier alpha value is -0.680. The fourth-order valence-corrected chi connectivity index (χ4v) is 2.69. The van der Waals surface area contributed by atoms with Crippen molar-refractivity contribution in [1.29, 1.82) is 0 Å². The van der Waals surface area contributed by atoms with Gasteiger partial charge in [-0.25, -0.2) is 8.78 Å². The molecule has 1 aliphatic rings. The van der Waals surface area contributed by atoms with Crippen LogP contribution in [0.5, 0.6) is 0 Å². The molecule has 0 spiro atoms. The topological polar surface area (TPSA) is 32.3 Å². The van der Waals surface area contributed by atoms with Gasteiger partial charge in [0.1, 0.15) is 11.6 Å². The Balaban J connectivity index is 2.65. The van der Waals surface area contributed by atoms with Gasteiger partial charge in [0.15, 0.2) is 0 Å². The number of halogens is 3. The van der Waals surface area contributed by atoms with E-state index in [2.05, 4.69) is 21.2 Å². The van der Waals surface area contributed by atoms with Gasteiger partial charge in [0, 0.05) is 17.2 Å². The van der Waals surface area contributed by atoms with Crippen LogP contribution in [-0.4, -0.2) is 16.7 Å². The summed E-state index contributed by atoms with van der Waals surface area (Å²) >= 11 is 2.87. The second-order valence-electron chi connectivity index (χ2n) is 5.03. The minimum absolute atomic E-state index is 0.184. The second kappa shape index (κ2) is 3.92. The third-order valence-electron chi connectivity index (χ3n) is 3.33. The maximum atomic E-state index is 14.0. The largest absolute Gasteiger partial charge is 0.390 e. The molecule has 0 saturated heterocycles. The van der Waals surface area contributed by atoms with Crippen molar-refractivity contribution in [3.05, 3.63) is 27.7 Å². The third kappa shape index (κ3) is 1.85. The average Bonchev–Trinajstić information content (AvgIpc) is 2.22. The predicted molar refractivity (Wildman–Crippen MR) is 66.2 cm³/mol. The molecule has 2 atom stereocenters. The Morgan fingerprint density at radius 1 is 1.41 bits per heavy atom. The lowest BCUT2D eigenvalue weighted by Crippen LogP contribution is -2.50. The van der Waals surface area contributed by atoms with E-state index in [-0.39, 0.29) is 4.47 Å². The highest BCUT2D eigenvalue weighted by atomic mass is 79.9. The van der Waals surface area contributed by atoms with Gasteiger partial charge in [-0.1, -0.05) is 6.92 Å². The first-order valence-electron chi connectivity index (χ1n) is 5.39. The molecule has 94 valence electrons. The molecule has 1 aliphatic heterocycles. The summed E-state index contributed by atoms with van der Waals surface area (Å²) in [5, 5.41) is 13.1. The lowest BCUT2D eigenvalue weighted by Gasteiger charge is -2.42. The molecule has 0 fully saturated rings. The SMILES string of the molecule is C[C@H]1c2c(cc(F)c(Br)c2F)NC(C)(C)C1O. The van der Waals surface area contributed by atoms with Crippen molar-refractivity contribution >= 4 is 21.6 Å². The van der Waals surface area contributed by atoms with Gasteiger partial charge in [-0.05, 0) is 35.8 Å². The molecule has 1 aromatic rings. The first-order chi connectivity index (χ1) is 7.75. The monoisotopic (exact) mass is 305 g/mol. The van der Waals surface area contributed by atoms with Crippen LogP contribution in [0, 0.1) is 11.6 Å². The maximum Gasteiger partial charge on any atom is 0.145 e.